The largest absolute Gasteiger partial charge is 0.481 e. The fraction of sp³-hybridized carbons (Fsp3) is 0.846. The number of amides is 1. The van der Waals surface area contributed by atoms with Gasteiger partial charge in [0.25, 0.3) is 0 Å². The summed E-state index contributed by atoms with van der Waals surface area (Å²) in [6.45, 7) is 5.40. The topological polar surface area (TPSA) is 254 Å². The van der Waals surface area contributed by atoms with Crippen molar-refractivity contribution in [1.82, 2.24) is 20.4 Å². The van der Waals surface area contributed by atoms with Crippen LogP contribution in [0.1, 0.15) is 97.8 Å². The number of aliphatic carboxylic acids is 5. The van der Waals surface area contributed by atoms with Crippen molar-refractivity contribution >= 4 is 35.8 Å². The molecular formula is C39H64N4O12. The molecule has 312 valence electrons. The van der Waals surface area contributed by atoms with Crippen molar-refractivity contribution < 1.29 is 59.4 Å². The van der Waals surface area contributed by atoms with Gasteiger partial charge in [-0.05, 0) is 111 Å². The molecule has 11 atom stereocenters. The average Bonchev–Trinajstić information content (AvgIpc) is 3.46. The van der Waals surface area contributed by atoms with Crippen molar-refractivity contribution in [2.24, 2.45) is 46.3 Å². The molecule has 4 fully saturated rings. The number of hydrogen-bond donors (Lipinski definition) is 8. The van der Waals surface area contributed by atoms with Crippen molar-refractivity contribution in [1.29, 1.82) is 0 Å². The molecule has 0 aromatic heterocycles. The highest BCUT2D eigenvalue weighted by molar-refractivity contribution is 5.78. The molecule has 4 saturated carbocycles. The van der Waals surface area contributed by atoms with E-state index in [0.29, 0.717) is 36.0 Å². The first-order valence-corrected chi connectivity index (χ1v) is 20.1. The first-order valence-electron chi connectivity index (χ1n) is 20.1. The molecule has 4 rings (SSSR count). The highest BCUT2D eigenvalue weighted by Gasteiger charge is 2.63. The van der Waals surface area contributed by atoms with Crippen LogP contribution in [0.2, 0.25) is 0 Å². The zero-order chi connectivity index (χ0) is 40.7. The van der Waals surface area contributed by atoms with Gasteiger partial charge in [-0.15, -0.1) is 0 Å². The lowest BCUT2D eigenvalue weighted by Crippen LogP contribution is -2.59. The lowest BCUT2D eigenvalue weighted by atomic mass is 9.43. The Morgan fingerprint density at radius 1 is 0.764 bits per heavy atom. The normalized spacial score (nSPS) is 32.5. The molecule has 4 aliphatic carbocycles. The van der Waals surface area contributed by atoms with Gasteiger partial charge in [0.2, 0.25) is 5.91 Å². The standard InChI is InChI=1S/C39H64N4O12/c1-23(4-11-33(46)47)27-7-8-28-26-6-5-24-18-25(12-13-38(24,2)29(26)19-31(44)39(27,28)3)41-32(45)10-9-30(37(54)55)43(15-14-40-20-34(48)49)17-16-42(21-35(50)51)22-36(52)53/h23-31,40,44H,4-22H2,1-3H3,(H,41,45)(H,46,47)(H,48,49)(H,50,51)(H,52,53)(H,54,55)/t23?,24-,25+,26?,27-,28?,29?,30?,31+,38+,39-/m1/s1. The van der Waals surface area contributed by atoms with Crippen molar-refractivity contribution in [3.63, 3.8) is 0 Å². The molecule has 16 nitrogen and oxygen atoms in total. The average molecular weight is 781 g/mol. The van der Waals surface area contributed by atoms with Crippen molar-refractivity contribution in [2.75, 3.05) is 45.8 Å². The van der Waals surface area contributed by atoms with Crippen LogP contribution in [-0.4, -0.2) is 140 Å². The van der Waals surface area contributed by atoms with Crippen molar-refractivity contribution in [2.45, 2.75) is 116 Å². The summed E-state index contributed by atoms with van der Waals surface area (Å²) >= 11 is 0. The van der Waals surface area contributed by atoms with E-state index in [4.69, 9.17) is 5.11 Å². The third-order valence-corrected chi connectivity index (χ3v) is 14.4. The van der Waals surface area contributed by atoms with E-state index in [0.717, 1.165) is 51.4 Å². The van der Waals surface area contributed by atoms with Gasteiger partial charge in [0.15, 0.2) is 0 Å². The quantitative estimate of drug-likeness (QED) is 0.0734. The maximum Gasteiger partial charge on any atom is 0.320 e. The summed E-state index contributed by atoms with van der Waals surface area (Å²) in [5.41, 5.74) is -0.194. The van der Waals surface area contributed by atoms with Crippen LogP contribution in [-0.2, 0) is 28.8 Å². The van der Waals surface area contributed by atoms with E-state index in [1.54, 1.807) is 0 Å². The number of aliphatic hydroxyl groups excluding tert-OH is 1. The van der Waals surface area contributed by atoms with Crippen LogP contribution in [0.3, 0.4) is 0 Å². The number of carboxylic acid groups (broad SMARTS) is 5. The Kier molecular flexibility index (Phi) is 15.5. The molecule has 0 heterocycles. The molecule has 5 unspecified atom stereocenters. The maximum absolute atomic E-state index is 13.3. The Morgan fingerprint density at radius 3 is 2.07 bits per heavy atom. The summed E-state index contributed by atoms with van der Waals surface area (Å²) in [4.78, 5) is 73.4. The molecular weight excluding hydrogens is 716 g/mol. The molecule has 1 amide bonds. The summed E-state index contributed by atoms with van der Waals surface area (Å²) in [5.74, 6) is -3.62. The number of carbonyl (C=O) groups is 6. The van der Waals surface area contributed by atoms with Crippen LogP contribution in [0.4, 0.5) is 0 Å². The Bertz CT molecular complexity index is 1380. The molecule has 0 spiro atoms. The van der Waals surface area contributed by atoms with Gasteiger partial charge in [0, 0.05) is 45.1 Å². The molecule has 0 aromatic carbocycles. The third-order valence-electron chi connectivity index (χ3n) is 14.4. The number of fused-ring (bicyclic) bond motifs is 5. The van der Waals surface area contributed by atoms with E-state index in [1.165, 1.54) is 9.80 Å². The zero-order valence-electron chi connectivity index (χ0n) is 32.7. The molecule has 0 saturated heterocycles. The van der Waals surface area contributed by atoms with Gasteiger partial charge in [-0.1, -0.05) is 20.8 Å². The SMILES string of the molecule is CC(CCC(=O)O)[C@H]1CCC2C3CC[C@@H]4C[C@@H](NC(=O)CCC(C(=O)O)N(CCNCC(=O)O)CCN(CC(=O)O)CC(=O)O)CC[C@]4(C)C3C[C@H](O)[C@@]21C. The Balaban J connectivity index is 1.35. The number of carboxylic acids is 5. The second-order valence-electron chi connectivity index (χ2n) is 17.4. The number of nitrogens with zero attached hydrogens (tertiary/aromatic N) is 2. The van der Waals surface area contributed by atoms with E-state index in [-0.39, 0.29) is 80.7 Å². The van der Waals surface area contributed by atoms with Gasteiger partial charge in [-0.25, -0.2) is 0 Å². The molecule has 0 aromatic rings. The minimum Gasteiger partial charge on any atom is -0.481 e. The van der Waals surface area contributed by atoms with Gasteiger partial charge in [0.1, 0.15) is 6.04 Å². The summed E-state index contributed by atoms with van der Waals surface area (Å²) < 4.78 is 0. The number of aliphatic hydroxyl groups is 1. The molecule has 0 aliphatic heterocycles. The van der Waals surface area contributed by atoms with Crippen LogP contribution < -0.4 is 10.6 Å². The number of rotatable bonds is 22. The summed E-state index contributed by atoms with van der Waals surface area (Å²) in [6, 6.07) is -1.22. The Morgan fingerprint density at radius 2 is 1.45 bits per heavy atom. The lowest BCUT2D eigenvalue weighted by Gasteiger charge is -2.62. The second kappa shape index (κ2) is 19.2. The summed E-state index contributed by atoms with van der Waals surface area (Å²) in [5, 5.41) is 64.6. The van der Waals surface area contributed by atoms with Crippen LogP contribution in [0, 0.1) is 46.3 Å². The van der Waals surface area contributed by atoms with Crippen molar-refractivity contribution in [3.8, 4) is 0 Å². The van der Waals surface area contributed by atoms with Crippen LogP contribution in [0.25, 0.3) is 0 Å². The predicted molar refractivity (Wildman–Crippen MR) is 199 cm³/mol. The highest BCUT2D eigenvalue weighted by Crippen LogP contribution is 2.68. The zero-order valence-corrected chi connectivity index (χ0v) is 32.7. The third kappa shape index (κ3) is 11.0. The molecule has 0 bridgehead atoms. The van der Waals surface area contributed by atoms with Gasteiger partial charge in [-0.2, -0.15) is 0 Å². The van der Waals surface area contributed by atoms with E-state index in [2.05, 4.69) is 31.4 Å². The molecule has 16 heteroatoms. The predicted octanol–water partition coefficient (Wildman–Crippen LogP) is 2.28. The lowest BCUT2D eigenvalue weighted by molar-refractivity contribution is -0.170. The molecule has 8 N–H and O–H groups in total. The second-order valence-corrected chi connectivity index (χ2v) is 17.4. The molecule has 55 heavy (non-hydrogen) atoms. The van der Waals surface area contributed by atoms with Gasteiger partial charge >= 0.3 is 29.8 Å². The minimum absolute atomic E-state index is 0.0158. The van der Waals surface area contributed by atoms with Crippen LogP contribution >= 0.6 is 0 Å². The monoisotopic (exact) mass is 780 g/mol. The summed E-state index contributed by atoms with van der Waals surface area (Å²) in [6.07, 6.45) is 7.64. The Hall–Kier alpha value is -3.34. The fourth-order valence-corrected chi connectivity index (χ4v) is 11.6. The van der Waals surface area contributed by atoms with E-state index < -0.39 is 55.1 Å². The number of hydrogen-bond acceptors (Lipinski definition) is 10. The minimum atomic E-state index is -1.24. The molecule has 0 radical (unpaired) electrons. The smallest absolute Gasteiger partial charge is 0.320 e. The van der Waals surface area contributed by atoms with Crippen LogP contribution in [0.5, 0.6) is 0 Å². The molecule has 4 aliphatic rings. The fourth-order valence-electron chi connectivity index (χ4n) is 11.6. The summed E-state index contributed by atoms with van der Waals surface area (Å²) in [7, 11) is 0. The first-order chi connectivity index (χ1) is 25.9. The number of carbonyl (C=O) groups excluding carboxylic acids is 1. The number of nitrogens with one attached hydrogen (secondary N) is 2. The van der Waals surface area contributed by atoms with Crippen molar-refractivity contribution in [3.05, 3.63) is 0 Å². The van der Waals surface area contributed by atoms with Gasteiger partial charge in [0.05, 0.1) is 25.7 Å². The van der Waals surface area contributed by atoms with E-state index in [1.807, 2.05) is 0 Å². The van der Waals surface area contributed by atoms with E-state index in [9.17, 15) is 54.3 Å². The maximum atomic E-state index is 13.3. The van der Waals surface area contributed by atoms with Crippen LogP contribution in [0.15, 0.2) is 0 Å². The van der Waals surface area contributed by atoms with Gasteiger partial charge in [-0.3, -0.25) is 38.6 Å². The highest BCUT2D eigenvalue weighted by atomic mass is 16.4. The first kappa shape index (κ1) is 44.4. The Labute approximate surface area is 323 Å². The van der Waals surface area contributed by atoms with Gasteiger partial charge < -0.3 is 41.3 Å². The van der Waals surface area contributed by atoms with E-state index >= 15 is 0 Å².